The predicted octanol–water partition coefficient (Wildman–Crippen LogP) is 4.20. The average Bonchev–Trinajstić information content (AvgIpc) is 2.64. The van der Waals surface area contributed by atoms with Gasteiger partial charge in [0.25, 0.3) is 0 Å². The third-order valence-electron chi connectivity index (χ3n) is 4.29. The Morgan fingerprint density at radius 1 is 1.32 bits per heavy atom. The molecule has 0 aromatic heterocycles. The normalized spacial score (nSPS) is 20.7. The van der Waals surface area contributed by atoms with Crippen molar-refractivity contribution in [2.75, 3.05) is 18.0 Å². The van der Waals surface area contributed by atoms with Crippen molar-refractivity contribution >= 4 is 21.6 Å². The zero-order chi connectivity index (χ0) is 13.8. The first-order valence-corrected chi connectivity index (χ1v) is 8.05. The Morgan fingerprint density at radius 2 is 2.11 bits per heavy atom. The fourth-order valence-corrected chi connectivity index (χ4v) is 3.40. The first-order valence-electron chi connectivity index (χ1n) is 7.26. The molecule has 3 heteroatoms. The van der Waals surface area contributed by atoms with E-state index < -0.39 is 0 Å². The van der Waals surface area contributed by atoms with Crippen LogP contribution >= 0.6 is 15.9 Å². The Hall–Kier alpha value is -0.540. The van der Waals surface area contributed by atoms with E-state index in [-0.39, 0.29) is 6.61 Å². The van der Waals surface area contributed by atoms with E-state index in [4.69, 9.17) is 0 Å². The molecule has 1 unspecified atom stereocenters. The molecule has 1 aliphatic rings. The Morgan fingerprint density at radius 3 is 2.74 bits per heavy atom. The Bertz CT molecular complexity index is 419. The van der Waals surface area contributed by atoms with E-state index in [9.17, 15) is 5.11 Å². The summed E-state index contributed by atoms with van der Waals surface area (Å²) in [4.78, 5) is 2.48. The van der Waals surface area contributed by atoms with Gasteiger partial charge in [0.1, 0.15) is 0 Å². The lowest BCUT2D eigenvalue weighted by Gasteiger charge is -2.24. The molecule has 0 aliphatic carbocycles. The molecular weight excluding hydrogens is 302 g/mol. The van der Waals surface area contributed by atoms with Crippen LogP contribution in [0.2, 0.25) is 0 Å². The summed E-state index contributed by atoms with van der Waals surface area (Å²) in [7, 11) is 0. The zero-order valence-electron chi connectivity index (χ0n) is 11.9. The van der Waals surface area contributed by atoms with Crippen LogP contribution < -0.4 is 4.90 Å². The Kier molecular flexibility index (Phi) is 5.28. The van der Waals surface area contributed by atoms with E-state index in [0.717, 1.165) is 35.0 Å². The van der Waals surface area contributed by atoms with Gasteiger partial charge in [-0.15, -0.1) is 0 Å². The monoisotopic (exact) mass is 325 g/mol. The van der Waals surface area contributed by atoms with Crippen LogP contribution in [0.5, 0.6) is 0 Å². The number of aliphatic hydroxyl groups is 1. The van der Waals surface area contributed by atoms with Crippen molar-refractivity contribution < 1.29 is 5.11 Å². The van der Waals surface area contributed by atoms with E-state index in [2.05, 4.69) is 46.8 Å². The minimum atomic E-state index is 0.0935. The molecule has 0 radical (unpaired) electrons. The van der Waals surface area contributed by atoms with Crippen LogP contribution in [0.1, 0.15) is 38.7 Å². The second-order valence-electron chi connectivity index (χ2n) is 5.86. The number of benzene rings is 1. The van der Waals surface area contributed by atoms with Crippen LogP contribution in [0, 0.1) is 11.8 Å². The van der Waals surface area contributed by atoms with Crippen molar-refractivity contribution in [2.24, 2.45) is 11.8 Å². The van der Waals surface area contributed by atoms with E-state index in [1.807, 2.05) is 6.07 Å². The van der Waals surface area contributed by atoms with Gasteiger partial charge in [0.05, 0.1) is 6.61 Å². The number of rotatable bonds is 3. The lowest BCUT2D eigenvalue weighted by Crippen LogP contribution is -2.24. The summed E-state index contributed by atoms with van der Waals surface area (Å²) in [5.74, 6) is 1.66. The van der Waals surface area contributed by atoms with Crippen molar-refractivity contribution in [2.45, 2.75) is 39.7 Å². The third kappa shape index (κ3) is 3.73. The second-order valence-corrected chi connectivity index (χ2v) is 6.71. The number of halogens is 1. The maximum atomic E-state index is 9.22. The van der Waals surface area contributed by atoms with Gasteiger partial charge in [-0.05, 0) is 48.8 Å². The molecule has 1 N–H and O–H groups in total. The molecule has 0 spiro atoms. The molecule has 0 amide bonds. The largest absolute Gasteiger partial charge is 0.392 e. The maximum Gasteiger partial charge on any atom is 0.0692 e. The minimum absolute atomic E-state index is 0.0935. The van der Waals surface area contributed by atoms with Crippen molar-refractivity contribution in [1.82, 2.24) is 0 Å². The fourth-order valence-electron chi connectivity index (χ4n) is 2.91. The quantitative estimate of drug-likeness (QED) is 0.900. The summed E-state index contributed by atoms with van der Waals surface area (Å²) in [5.41, 5.74) is 2.23. The highest BCUT2D eigenvalue weighted by Gasteiger charge is 2.19. The first kappa shape index (κ1) is 14.9. The van der Waals surface area contributed by atoms with E-state index in [0.29, 0.717) is 0 Å². The van der Waals surface area contributed by atoms with Crippen LogP contribution in [0.4, 0.5) is 5.69 Å². The van der Waals surface area contributed by atoms with Crippen LogP contribution in [0.25, 0.3) is 0 Å². The van der Waals surface area contributed by atoms with Crippen LogP contribution in [0.3, 0.4) is 0 Å². The van der Waals surface area contributed by atoms with Gasteiger partial charge in [0.2, 0.25) is 0 Å². The standard InChI is InChI=1S/C16H24BrNO/c1-12(2)13-4-3-8-18(9-7-13)15-6-5-14(11-19)16(17)10-15/h5-6,10,12-13,19H,3-4,7-9,11H2,1-2H3. The summed E-state index contributed by atoms with van der Waals surface area (Å²) in [6, 6.07) is 6.29. The second kappa shape index (κ2) is 6.76. The predicted molar refractivity (Wildman–Crippen MR) is 84.5 cm³/mol. The molecule has 1 heterocycles. The highest BCUT2D eigenvalue weighted by molar-refractivity contribution is 9.10. The van der Waals surface area contributed by atoms with Gasteiger partial charge in [-0.2, -0.15) is 0 Å². The number of hydrogen-bond acceptors (Lipinski definition) is 2. The molecule has 106 valence electrons. The lowest BCUT2D eigenvalue weighted by atomic mass is 9.89. The number of hydrogen-bond donors (Lipinski definition) is 1. The number of nitrogens with zero attached hydrogens (tertiary/aromatic N) is 1. The van der Waals surface area contributed by atoms with E-state index in [1.54, 1.807) is 0 Å². The summed E-state index contributed by atoms with van der Waals surface area (Å²) in [5, 5.41) is 9.22. The molecule has 0 saturated carbocycles. The van der Waals surface area contributed by atoms with Gasteiger partial charge in [-0.1, -0.05) is 35.8 Å². The SMILES string of the molecule is CC(C)C1CCCN(c2ccc(CO)c(Br)c2)CC1. The molecule has 1 aliphatic heterocycles. The summed E-state index contributed by atoms with van der Waals surface area (Å²) < 4.78 is 1.01. The van der Waals surface area contributed by atoms with E-state index in [1.165, 1.54) is 24.9 Å². The molecule has 1 aromatic carbocycles. The Balaban J connectivity index is 2.08. The smallest absolute Gasteiger partial charge is 0.0692 e. The molecule has 19 heavy (non-hydrogen) atoms. The molecule has 1 atom stereocenters. The highest BCUT2D eigenvalue weighted by atomic mass is 79.9. The maximum absolute atomic E-state index is 9.22. The molecule has 1 aromatic rings. The van der Waals surface area contributed by atoms with Crippen molar-refractivity contribution in [3.63, 3.8) is 0 Å². The van der Waals surface area contributed by atoms with Gasteiger partial charge >= 0.3 is 0 Å². The van der Waals surface area contributed by atoms with Gasteiger partial charge in [0.15, 0.2) is 0 Å². The summed E-state index contributed by atoms with van der Waals surface area (Å²) in [6.45, 7) is 7.07. The molecule has 0 bridgehead atoms. The topological polar surface area (TPSA) is 23.5 Å². The Labute approximate surface area is 124 Å². The lowest BCUT2D eigenvalue weighted by molar-refractivity contribution is 0.281. The molecule has 2 nitrogen and oxygen atoms in total. The molecule has 1 saturated heterocycles. The first-order chi connectivity index (χ1) is 9.11. The van der Waals surface area contributed by atoms with Crippen LogP contribution in [-0.4, -0.2) is 18.2 Å². The van der Waals surface area contributed by atoms with Crippen molar-refractivity contribution in [1.29, 1.82) is 0 Å². The third-order valence-corrected chi connectivity index (χ3v) is 5.03. The molecular formula is C16H24BrNO. The number of anilines is 1. The minimum Gasteiger partial charge on any atom is -0.392 e. The van der Waals surface area contributed by atoms with Gasteiger partial charge in [-0.3, -0.25) is 0 Å². The van der Waals surface area contributed by atoms with E-state index >= 15 is 0 Å². The van der Waals surface area contributed by atoms with Gasteiger partial charge in [0, 0.05) is 23.2 Å². The number of aliphatic hydroxyl groups excluding tert-OH is 1. The summed E-state index contributed by atoms with van der Waals surface area (Å²) in [6.07, 6.45) is 3.92. The van der Waals surface area contributed by atoms with Crippen molar-refractivity contribution in [3.05, 3.63) is 28.2 Å². The fraction of sp³-hybridized carbons (Fsp3) is 0.625. The average molecular weight is 326 g/mol. The summed E-state index contributed by atoms with van der Waals surface area (Å²) >= 11 is 3.54. The zero-order valence-corrected chi connectivity index (χ0v) is 13.5. The van der Waals surface area contributed by atoms with Crippen LogP contribution in [0.15, 0.2) is 22.7 Å². The molecule has 2 rings (SSSR count). The van der Waals surface area contributed by atoms with Crippen LogP contribution in [-0.2, 0) is 6.61 Å². The molecule has 1 fully saturated rings. The van der Waals surface area contributed by atoms with Gasteiger partial charge in [-0.25, -0.2) is 0 Å². The van der Waals surface area contributed by atoms with Crippen molar-refractivity contribution in [3.8, 4) is 0 Å². The highest BCUT2D eigenvalue weighted by Crippen LogP contribution is 2.29. The van der Waals surface area contributed by atoms with Gasteiger partial charge < -0.3 is 10.0 Å².